The van der Waals surface area contributed by atoms with Gasteiger partial charge in [0.2, 0.25) is 11.2 Å². The smallest absolute Gasteiger partial charge is 0.235 e. The third-order valence-electron chi connectivity index (χ3n) is 4.65. The van der Waals surface area contributed by atoms with Gasteiger partial charge in [-0.3, -0.25) is 4.79 Å². The monoisotopic (exact) mass is 406 g/mol. The summed E-state index contributed by atoms with van der Waals surface area (Å²) in [5.41, 5.74) is 2.93. The molecule has 0 spiro atoms. The third kappa shape index (κ3) is 3.98. The van der Waals surface area contributed by atoms with Crippen LogP contribution >= 0.6 is 11.6 Å². The van der Waals surface area contributed by atoms with E-state index in [9.17, 15) is 4.79 Å². The van der Waals surface area contributed by atoms with Crippen LogP contribution in [-0.2, 0) is 6.61 Å². The van der Waals surface area contributed by atoms with Gasteiger partial charge in [0.15, 0.2) is 5.76 Å². The first-order chi connectivity index (χ1) is 14.0. The van der Waals surface area contributed by atoms with Crippen LogP contribution < -0.4 is 14.9 Å². The molecule has 0 atom stereocenters. The lowest BCUT2D eigenvalue weighted by molar-refractivity contribution is 0.298. The molecule has 0 aliphatic heterocycles. The van der Waals surface area contributed by atoms with Gasteiger partial charge >= 0.3 is 0 Å². The number of fused-ring (bicyclic) bond motifs is 1. The van der Waals surface area contributed by atoms with E-state index in [2.05, 4.69) is 0 Å². The highest BCUT2D eigenvalue weighted by atomic mass is 35.5. The van der Waals surface area contributed by atoms with E-state index >= 15 is 0 Å². The Morgan fingerprint density at radius 2 is 1.69 bits per heavy atom. The van der Waals surface area contributed by atoms with Crippen molar-refractivity contribution in [1.82, 2.24) is 0 Å². The maximum atomic E-state index is 13.2. The number of benzene rings is 3. The number of hydrogen-bond donors (Lipinski definition) is 0. The van der Waals surface area contributed by atoms with Gasteiger partial charge in [-0.15, -0.1) is 0 Å². The average molecular weight is 407 g/mol. The summed E-state index contributed by atoms with van der Waals surface area (Å²) in [4.78, 5) is 13.2. The first-order valence-corrected chi connectivity index (χ1v) is 9.52. The standard InChI is InChI=1S/C24H19ClO4/c1-15-3-12-21-20(13-15)22(26)24(28-14-16-4-8-18(25)9-5-16)23(29-21)17-6-10-19(27-2)11-7-17/h3-13H,14H2,1-2H3. The Hall–Kier alpha value is -3.24. The second kappa shape index (κ2) is 8.02. The van der Waals surface area contributed by atoms with Gasteiger partial charge < -0.3 is 13.9 Å². The molecule has 29 heavy (non-hydrogen) atoms. The van der Waals surface area contributed by atoms with Crippen LogP contribution in [-0.4, -0.2) is 7.11 Å². The van der Waals surface area contributed by atoms with Crippen LogP contribution in [0.1, 0.15) is 11.1 Å². The van der Waals surface area contributed by atoms with Crippen LogP contribution in [0.4, 0.5) is 0 Å². The van der Waals surface area contributed by atoms with E-state index in [0.29, 0.717) is 21.8 Å². The van der Waals surface area contributed by atoms with Crippen molar-refractivity contribution in [1.29, 1.82) is 0 Å². The lowest BCUT2D eigenvalue weighted by Crippen LogP contribution is -2.10. The molecule has 0 amide bonds. The molecule has 146 valence electrons. The lowest BCUT2D eigenvalue weighted by Gasteiger charge is -2.12. The molecular weight excluding hydrogens is 388 g/mol. The maximum absolute atomic E-state index is 13.2. The Morgan fingerprint density at radius 1 is 0.966 bits per heavy atom. The van der Waals surface area contributed by atoms with E-state index in [1.807, 2.05) is 61.5 Å². The second-order valence-corrected chi connectivity index (χ2v) is 7.17. The van der Waals surface area contributed by atoms with Crippen molar-refractivity contribution in [3.05, 3.63) is 93.1 Å². The number of ether oxygens (including phenoxy) is 2. The Bertz CT molecular complexity index is 1210. The molecule has 0 saturated carbocycles. The van der Waals surface area contributed by atoms with Gasteiger partial charge in [-0.25, -0.2) is 0 Å². The van der Waals surface area contributed by atoms with Gasteiger partial charge in [0, 0.05) is 10.6 Å². The molecule has 0 aliphatic rings. The normalized spacial score (nSPS) is 10.9. The Morgan fingerprint density at radius 3 is 2.38 bits per heavy atom. The molecule has 0 aliphatic carbocycles. The van der Waals surface area contributed by atoms with Crippen molar-refractivity contribution in [2.24, 2.45) is 0 Å². The van der Waals surface area contributed by atoms with Crippen molar-refractivity contribution in [2.45, 2.75) is 13.5 Å². The molecule has 0 unspecified atom stereocenters. The molecule has 0 bridgehead atoms. The number of methoxy groups -OCH3 is 1. The number of halogens is 1. The zero-order valence-corrected chi connectivity index (χ0v) is 16.8. The Labute approximate surface area is 173 Å². The highest BCUT2D eigenvalue weighted by Crippen LogP contribution is 2.32. The topological polar surface area (TPSA) is 48.7 Å². The zero-order chi connectivity index (χ0) is 20.4. The molecule has 4 nitrogen and oxygen atoms in total. The summed E-state index contributed by atoms with van der Waals surface area (Å²) in [6.45, 7) is 2.16. The molecular formula is C24H19ClO4. The molecule has 0 radical (unpaired) electrons. The third-order valence-corrected chi connectivity index (χ3v) is 4.90. The van der Waals surface area contributed by atoms with Crippen molar-refractivity contribution in [3.8, 4) is 22.8 Å². The highest BCUT2D eigenvalue weighted by Gasteiger charge is 2.18. The molecule has 0 N–H and O–H groups in total. The van der Waals surface area contributed by atoms with Gasteiger partial charge in [0.25, 0.3) is 0 Å². The quantitative estimate of drug-likeness (QED) is 0.407. The fourth-order valence-electron chi connectivity index (χ4n) is 3.09. The molecule has 0 saturated heterocycles. The van der Waals surface area contributed by atoms with Crippen LogP contribution in [0, 0.1) is 6.92 Å². The van der Waals surface area contributed by atoms with E-state index in [1.165, 1.54) is 0 Å². The fraction of sp³-hybridized carbons (Fsp3) is 0.125. The van der Waals surface area contributed by atoms with E-state index in [0.717, 1.165) is 22.4 Å². The summed E-state index contributed by atoms with van der Waals surface area (Å²) in [7, 11) is 1.61. The summed E-state index contributed by atoms with van der Waals surface area (Å²) in [6.07, 6.45) is 0. The number of hydrogen-bond acceptors (Lipinski definition) is 4. The summed E-state index contributed by atoms with van der Waals surface area (Å²) < 4.78 is 17.3. The van der Waals surface area contributed by atoms with E-state index in [4.69, 9.17) is 25.5 Å². The fourth-order valence-corrected chi connectivity index (χ4v) is 3.22. The minimum absolute atomic E-state index is 0.184. The largest absolute Gasteiger partial charge is 0.497 e. The molecule has 4 aromatic rings. The summed E-state index contributed by atoms with van der Waals surface area (Å²) in [5.74, 6) is 1.29. The van der Waals surface area contributed by atoms with Gasteiger partial charge in [-0.1, -0.05) is 35.4 Å². The molecule has 1 heterocycles. The van der Waals surface area contributed by atoms with Crippen LogP contribution in [0.15, 0.2) is 75.9 Å². The minimum Gasteiger partial charge on any atom is -0.497 e. The van der Waals surface area contributed by atoms with Gasteiger partial charge in [0.05, 0.1) is 12.5 Å². The van der Waals surface area contributed by atoms with Crippen molar-refractivity contribution >= 4 is 22.6 Å². The first-order valence-electron chi connectivity index (χ1n) is 9.14. The van der Waals surface area contributed by atoms with Crippen LogP contribution in [0.25, 0.3) is 22.3 Å². The zero-order valence-electron chi connectivity index (χ0n) is 16.1. The molecule has 3 aromatic carbocycles. The van der Waals surface area contributed by atoms with Crippen LogP contribution in [0.2, 0.25) is 5.02 Å². The molecule has 1 aromatic heterocycles. The predicted octanol–water partition coefficient (Wildman–Crippen LogP) is 6.01. The van der Waals surface area contributed by atoms with Gasteiger partial charge in [-0.05, 0) is 61.0 Å². The maximum Gasteiger partial charge on any atom is 0.235 e. The van der Waals surface area contributed by atoms with E-state index in [1.54, 1.807) is 19.2 Å². The summed E-state index contributed by atoms with van der Waals surface area (Å²) in [6, 6.07) is 20.2. The summed E-state index contributed by atoms with van der Waals surface area (Å²) >= 11 is 5.95. The van der Waals surface area contributed by atoms with E-state index < -0.39 is 0 Å². The van der Waals surface area contributed by atoms with Crippen LogP contribution in [0.5, 0.6) is 11.5 Å². The highest BCUT2D eigenvalue weighted by molar-refractivity contribution is 6.30. The van der Waals surface area contributed by atoms with Crippen molar-refractivity contribution in [3.63, 3.8) is 0 Å². The minimum atomic E-state index is -0.199. The second-order valence-electron chi connectivity index (χ2n) is 6.73. The number of aryl methyl sites for hydroxylation is 1. The Balaban J connectivity index is 1.82. The molecule has 5 heteroatoms. The molecule has 4 rings (SSSR count). The Kier molecular flexibility index (Phi) is 5.28. The van der Waals surface area contributed by atoms with Gasteiger partial charge in [-0.2, -0.15) is 0 Å². The van der Waals surface area contributed by atoms with E-state index in [-0.39, 0.29) is 17.8 Å². The lowest BCUT2D eigenvalue weighted by atomic mass is 10.1. The van der Waals surface area contributed by atoms with Crippen molar-refractivity contribution < 1.29 is 13.9 Å². The van der Waals surface area contributed by atoms with Crippen LogP contribution in [0.3, 0.4) is 0 Å². The first kappa shape index (κ1) is 19.1. The van der Waals surface area contributed by atoms with Gasteiger partial charge in [0.1, 0.15) is 17.9 Å². The number of rotatable bonds is 5. The predicted molar refractivity (Wildman–Crippen MR) is 115 cm³/mol. The van der Waals surface area contributed by atoms with Crippen molar-refractivity contribution in [2.75, 3.05) is 7.11 Å². The molecule has 0 fully saturated rings. The SMILES string of the molecule is COc1ccc(-c2oc3ccc(C)cc3c(=O)c2OCc2ccc(Cl)cc2)cc1. The summed E-state index contributed by atoms with van der Waals surface area (Å²) in [5, 5.41) is 1.14. The average Bonchev–Trinajstić information content (AvgIpc) is 2.74.